The summed E-state index contributed by atoms with van der Waals surface area (Å²) in [6.45, 7) is 3.49. The average Bonchev–Trinajstić information content (AvgIpc) is 3.16. The van der Waals surface area contributed by atoms with Crippen molar-refractivity contribution < 1.29 is 13.2 Å². The normalized spacial score (nSPS) is 13.6. The van der Waals surface area contributed by atoms with E-state index in [9.17, 15) is 18.9 Å². The lowest BCUT2D eigenvalue weighted by molar-refractivity contribution is 0.324. The molecule has 0 amide bonds. The summed E-state index contributed by atoms with van der Waals surface area (Å²) in [5.41, 5.74) is 3.45. The third-order valence-corrected chi connectivity index (χ3v) is 7.60. The molecule has 2 N–H and O–H groups in total. The summed E-state index contributed by atoms with van der Waals surface area (Å²) >= 11 is 0. The summed E-state index contributed by atoms with van der Waals surface area (Å²) in [6, 6.07) is 16.8. The molecule has 0 saturated heterocycles. The predicted octanol–water partition coefficient (Wildman–Crippen LogP) is 5.01. The second kappa shape index (κ2) is 10.1. The van der Waals surface area contributed by atoms with Gasteiger partial charge >= 0.3 is 0 Å². The maximum atomic E-state index is 12.3. The van der Waals surface area contributed by atoms with Crippen molar-refractivity contribution in [3.8, 4) is 35.0 Å². The molecule has 2 heterocycles. The van der Waals surface area contributed by atoms with Crippen molar-refractivity contribution in [2.75, 3.05) is 4.72 Å². The number of ether oxygens (including phenoxy) is 1. The zero-order valence-corrected chi connectivity index (χ0v) is 21.7. The second-order valence-corrected chi connectivity index (χ2v) is 10.8. The van der Waals surface area contributed by atoms with Crippen molar-refractivity contribution in [2.24, 2.45) is 0 Å². The molecule has 2 aromatic carbocycles. The summed E-state index contributed by atoms with van der Waals surface area (Å²) in [4.78, 5) is 8.12. The van der Waals surface area contributed by atoms with Crippen molar-refractivity contribution in [3.63, 3.8) is 0 Å². The summed E-state index contributed by atoms with van der Waals surface area (Å²) in [5, 5.41) is 20.3. The molecule has 38 heavy (non-hydrogen) atoms. The predicted molar refractivity (Wildman–Crippen MR) is 143 cm³/mol. The molecule has 10 nitrogen and oxygen atoms in total. The Kier molecular flexibility index (Phi) is 6.72. The summed E-state index contributed by atoms with van der Waals surface area (Å²) in [7, 11) is -3.70. The lowest BCUT2D eigenvalue weighted by Gasteiger charge is -2.30. The molecule has 1 aliphatic carbocycles. The number of nitriles is 2. The Morgan fingerprint density at radius 1 is 1.05 bits per heavy atom. The number of benzene rings is 2. The highest BCUT2D eigenvalue weighted by Gasteiger charge is 2.28. The molecule has 0 unspecified atom stereocenters. The van der Waals surface area contributed by atoms with Crippen molar-refractivity contribution in [3.05, 3.63) is 66.1 Å². The van der Waals surface area contributed by atoms with E-state index in [2.05, 4.69) is 30.0 Å². The molecule has 1 saturated carbocycles. The molecular formula is C27H25N7O3S. The van der Waals surface area contributed by atoms with Gasteiger partial charge in [-0.05, 0) is 62.9 Å². The number of nitrogens with zero attached hydrogens (tertiary/aromatic N) is 5. The molecule has 2 aromatic heterocycles. The first kappa shape index (κ1) is 25.2. The van der Waals surface area contributed by atoms with Crippen molar-refractivity contribution in [2.45, 2.75) is 45.2 Å². The fraction of sp³-hybridized carbons (Fsp3) is 0.259. The standard InChI is InChI=1S/C27H25N7O3S/c1-17(2)32-38(35,36)33-19-8-6-18(7-9-19)26-23(15-28)22-11-10-21(14-25(22)34(26)20-4-3-5-20)37-27-24(16-29)30-12-13-31-27/h6-14,17,20,32-33H,3-5H2,1-2H3. The average molecular weight is 528 g/mol. The Morgan fingerprint density at radius 2 is 1.79 bits per heavy atom. The largest absolute Gasteiger partial charge is 0.436 e. The smallest absolute Gasteiger partial charge is 0.299 e. The monoisotopic (exact) mass is 527 g/mol. The first-order chi connectivity index (χ1) is 18.3. The van der Waals surface area contributed by atoms with E-state index in [1.807, 2.05) is 30.3 Å². The molecule has 0 aliphatic heterocycles. The topological polar surface area (TPSA) is 146 Å². The maximum absolute atomic E-state index is 12.3. The van der Waals surface area contributed by atoms with Gasteiger partial charge in [-0.25, -0.2) is 9.97 Å². The van der Waals surface area contributed by atoms with Crippen LogP contribution in [0.1, 0.15) is 50.4 Å². The van der Waals surface area contributed by atoms with Gasteiger partial charge in [0.05, 0.1) is 16.8 Å². The van der Waals surface area contributed by atoms with E-state index in [1.54, 1.807) is 32.0 Å². The Labute approximate surface area is 220 Å². The minimum absolute atomic E-state index is 0.0830. The Hall–Kier alpha value is -4.45. The molecule has 4 aromatic rings. The Morgan fingerprint density at radius 3 is 2.42 bits per heavy atom. The van der Waals surface area contributed by atoms with Crippen molar-refractivity contribution in [1.82, 2.24) is 19.3 Å². The lowest BCUT2D eigenvalue weighted by atomic mass is 9.92. The van der Waals surface area contributed by atoms with E-state index in [1.165, 1.54) is 12.4 Å². The number of anilines is 1. The molecule has 192 valence electrons. The van der Waals surface area contributed by atoms with E-state index in [-0.39, 0.29) is 23.7 Å². The van der Waals surface area contributed by atoms with Crippen LogP contribution >= 0.6 is 0 Å². The molecule has 0 radical (unpaired) electrons. The van der Waals surface area contributed by atoms with E-state index in [0.717, 1.165) is 41.4 Å². The van der Waals surface area contributed by atoms with Crippen LogP contribution in [0.5, 0.6) is 11.6 Å². The minimum atomic E-state index is -3.70. The van der Waals surface area contributed by atoms with Gasteiger partial charge in [0, 0.05) is 41.6 Å². The van der Waals surface area contributed by atoms with E-state index < -0.39 is 10.2 Å². The zero-order valence-electron chi connectivity index (χ0n) is 20.8. The SMILES string of the molecule is CC(C)NS(=O)(=O)Nc1ccc(-c2c(C#N)c3ccc(Oc4nccnc4C#N)cc3n2C2CCC2)cc1. The van der Waals surface area contributed by atoms with Gasteiger partial charge in [0.2, 0.25) is 5.69 Å². The third-order valence-electron chi connectivity index (χ3n) is 6.31. The molecule has 11 heteroatoms. The van der Waals surface area contributed by atoms with Crippen LogP contribution in [0.2, 0.25) is 0 Å². The number of fused-ring (bicyclic) bond motifs is 1. The molecular weight excluding hydrogens is 502 g/mol. The van der Waals surface area contributed by atoms with Crippen LogP contribution < -0.4 is 14.2 Å². The van der Waals surface area contributed by atoms with Crippen LogP contribution in [0.3, 0.4) is 0 Å². The zero-order chi connectivity index (χ0) is 26.9. The first-order valence-corrected chi connectivity index (χ1v) is 13.7. The van der Waals surface area contributed by atoms with Crippen LogP contribution in [-0.2, 0) is 10.2 Å². The number of rotatable bonds is 8. The van der Waals surface area contributed by atoms with Gasteiger partial charge in [0.1, 0.15) is 17.9 Å². The second-order valence-electron chi connectivity index (χ2n) is 9.35. The quantitative estimate of drug-likeness (QED) is 0.327. The third kappa shape index (κ3) is 4.90. The van der Waals surface area contributed by atoms with E-state index in [0.29, 0.717) is 17.0 Å². The number of nitrogens with one attached hydrogen (secondary N) is 2. The molecule has 0 bridgehead atoms. The highest BCUT2D eigenvalue weighted by atomic mass is 32.2. The molecule has 0 spiro atoms. The van der Waals surface area contributed by atoms with Crippen LogP contribution in [0, 0.1) is 22.7 Å². The van der Waals surface area contributed by atoms with Gasteiger partial charge in [-0.2, -0.15) is 23.7 Å². The lowest BCUT2D eigenvalue weighted by Crippen LogP contribution is -2.35. The van der Waals surface area contributed by atoms with Gasteiger partial charge in [0.15, 0.2) is 0 Å². The van der Waals surface area contributed by atoms with Crippen molar-refractivity contribution in [1.29, 1.82) is 10.5 Å². The van der Waals surface area contributed by atoms with Crippen LogP contribution in [0.4, 0.5) is 5.69 Å². The van der Waals surface area contributed by atoms with Crippen LogP contribution in [0.25, 0.3) is 22.2 Å². The first-order valence-electron chi connectivity index (χ1n) is 12.2. The number of hydrogen-bond donors (Lipinski definition) is 2. The van der Waals surface area contributed by atoms with Crippen LogP contribution in [0.15, 0.2) is 54.9 Å². The summed E-state index contributed by atoms with van der Waals surface area (Å²) in [5.74, 6) is 0.591. The van der Waals surface area contributed by atoms with Gasteiger partial charge < -0.3 is 9.30 Å². The van der Waals surface area contributed by atoms with Gasteiger partial charge in [-0.15, -0.1) is 0 Å². The fourth-order valence-electron chi connectivity index (χ4n) is 4.55. The minimum Gasteiger partial charge on any atom is -0.436 e. The van der Waals surface area contributed by atoms with Gasteiger partial charge in [-0.1, -0.05) is 12.1 Å². The fourth-order valence-corrected chi connectivity index (χ4v) is 5.68. The van der Waals surface area contributed by atoms with Gasteiger partial charge in [0.25, 0.3) is 16.1 Å². The molecule has 5 rings (SSSR count). The Balaban J connectivity index is 1.57. The van der Waals surface area contributed by atoms with Gasteiger partial charge in [-0.3, -0.25) is 4.72 Å². The van der Waals surface area contributed by atoms with E-state index >= 15 is 0 Å². The number of aromatic nitrogens is 3. The maximum Gasteiger partial charge on any atom is 0.299 e. The molecule has 1 fully saturated rings. The van der Waals surface area contributed by atoms with Crippen LogP contribution in [-0.4, -0.2) is 29.0 Å². The molecule has 1 aliphatic rings. The number of hydrogen-bond acceptors (Lipinski definition) is 7. The van der Waals surface area contributed by atoms with Crippen molar-refractivity contribution >= 4 is 26.8 Å². The highest BCUT2D eigenvalue weighted by molar-refractivity contribution is 7.90. The summed E-state index contributed by atoms with van der Waals surface area (Å²) < 4.78 is 37.6. The Bertz CT molecular complexity index is 1690. The molecule has 0 atom stereocenters. The van der Waals surface area contributed by atoms with E-state index in [4.69, 9.17) is 4.74 Å². The highest BCUT2D eigenvalue weighted by Crippen LogP contribution is 2.43. The summed E-state index contributed by atoms with van der Waals surface area (Å²) in [6.07, 6.45) is 5.94.